The van der Waals surface area contributed by atoms with Crippen LogP contribution in [0.15, 0.2) is 42.6 Å². The molecule has 0 aromatic heterocycles. The van der Waals surface area contributed by atoms with Gasteiger partial charge in [-0.25, -0.2) is 9.18 Å². The quantitative estimate of drug-likeness (QED) is 0.255. The number of amides is 1. The Bertz CT molecular complexity index is 1110. The lowest BCUT2D eigenvalue weighted by molar-refractivity contribution is -0.143. The Morgan fingerprint density at radius 2 is 1.73 bits per heavy atom. The first kappa shape index (κ1) is 25.3. The molecule has 0 fully saturated rings. The Morgan fingerprint density at radius 3 is 2.21 bits per heavy atom. The molecule has 2 rings (SSSR count). The van der Waals surface area contributed by atoms with Gasteiger partial charge in [-0.3, -0.25) is 4.90 Å². The summed E-state index contributed by atoms with van der Waals surface area (Å²) in [7, 11) is 1.10. The van der Waals surface area contributed by atoms with Crippen LogP contribution in [0.5, 0.6) is 5.75 Å². The molecule has 0 saturated heterocycles. The number of carbonyl (C=O) groups is 1. The first-order valence-corrected chi connectivity index (χ1v) is 8.75. The van der Waals surface area contributed by atoms with Gasteiger partial charge in [-0.1, -0.05) is 6.42 Å². The van der Waals surface area contributed by atoms with Gasteiger partial charge in [0, 0.05) is 42.3 Å². The van der Waals surface area contributed by atoms with E-state index in [2.05, 4.69) is 5.32 Å². The minimum absolute atomic E-state index is 0.0280. The number of alkyl halides is 6. The van der Waals surface area contributed by atoms with Gasteiger partial charge in [0.2, 0.25) is 0 Å². The van der Waals surface area contributed by atoms with Crippen molar-refractivity contribution in [1.29, 1.82) is 5.41 Å². The number of nitrogens with zero attached hydrogens (tertiary/aromatic N) is 1. The molecule has 0 heterocycles. The highest BCUT2D eigenvalue weighted by molar-refractivity contribution is 6.10. The second-order valence-corrected chi connectivity index (χ2v) is 6.33. The van der Waals surface area contributed by atoms with Crippen molar-refractivity contribution in [2.45, 2.75) is 12.4 Å². The second kappa shape index (κ2) is 9.64. The highest BCUT2D eigenvalue weighted by Crippen LogP contribution is 2.44. The number of terminal acetylenes is 1. The fourth-order valence-electron chi connectivity index (χ4n) is 2.57. The minimum atomic E-state index is -5.37. The highest BCUT2D eigenvalue weighted by atomic mass is 19.4. The van der Waals surface area contributed by atoms with E-state index in [1.807, 2.05) is 6.04 Å². The molecule has 2 aromatic carbocycles. The third-order valence-corrected chi connectivity index (χ3v) is 4.18. The lowest BCUT2D eigenvalue weighted by Gasteiger charge is -2.22. The van der Waals surface area contributed by atoms with Gasteiger partial charge < -0.3 is 15.5 Å². The van der Waals surface area contributed by atoms with Gasteiger partial charge in [-0.2, -0.15) is 26.3 Å². The Kier molecular flexibility index (Phi) is 7.38. The number of ether oxygens (including phenoxy) is 1. The topological polar surface area (TPSA) is 65.4 Å². The fourth-order valence-corrected chi connectivity index (χ4v) is 2.57. The van der Waals surface area contributed by atoms with E-state index >= 15 is 0 Å². The van der Waals surface area contributed by atoms with Gasteiger partial charge in [-0.15, -0.1) is 0 Å². The first-order valence-electron chi connectivity index (χ1n) is 8.75. The predicted octanol–water partition coefficient (Wildman–Crippen LogP) is 5.67. The molecule has 0 atom stereocenters. The second-order valence-electron chi connectivity index (χ2n) is 6.33. The fraction of sp³-hybridized carbons (Fsp3) is 0.143. The Morgan fingerprint density at radius 1 is 1.12 bits per heavy atom. The van der Waals surface area contributed by atoms with Crippen LogP contribution >= 0.6 is 0 Å². The van der Waals surface area contributed by atoms with Crippen LogP contribution in [0.25, 0.3) is 5.57 Å². The molecule has 2 aromatic rings. The van der Waals surface area contributed by atoms with Crippen molar-refractivity contribution in [3.05, 3.63) is 65.1 Å². The third kappa shape index (κ3) is 6.03. The lowest BCUT2D eigenvalue weighted by Crippen LogP contribution is -2.30. The first-order chi connectivity index (χ1) is 15.3. The molecule has 33 heavy (non-hydrogen) atoms. The van der Waals surface area contributed by atoms with Crippen molar-refractivity contribution in [2.75, 3.05) is 11.9 Å². The van der Waals surface area contributed by atoms with E-state index in [0.29, 0.717) is 17.2 Å². The molecule has 0 aliphatic rings. The average Bonchev–Trinajstić information content (AvgIpc) is 2.73. The molecule has 0 bridgehead atoms. The van der Waals surface area contributed by atoms with Crippen molar-refractivity contribution in [3.8, 4) is 18.2 Å². The number of hydrogen-bond acceptors (Lipinski definition) is 4. The van der Waals surface area contributed by atoms with E-state index in [-0.39, 0.29) is 11.8 Å². The maximum Gasteiger partial charge on any atom is 0.420 e. The molecule has 0 saturated carbocycles. The van der Waals surface area contributed by atoms with Gasteiger partial charge in [0.1, 0.15) is 5.82 Å². The zero-order chi connectivity index (χ0) is 25.0. The summed E-state index contributed by atoms with van der Waals surface area (Å²) < 4.78 is 98.9. The minimum Gasteiger partial charge on any atom is -0.409 e. The number of hydrogen-bond donors (Lipinski definition) is 2. The predicted molar refractivity (Wildman–Crippen MR) is 106 cm³/mol. The van der Waals surface area contributed by atoms with Crippen LogP contribution in [0.4, 0.5) is 41.2 Å². The molecule has 0 radical (unpaired) electrons. The molecule has 174 valence electrons. The number of anilines is 1. The maximum atomic E-state index is 13.7. The van der Waals surface area contributed by atoms with E-state index in [1.54, 1.807) is 0 Å². The SMILES string of the molecule is C#CN/C=C(\C=N)c1cc(C(F)(F)F)cc(C(F)(F)F)c1OC(=O)N(C)c1ccc(F)cc1. The zero-order valence-corrected chi connectivity index (χ0v) is 16.6. The van der Waals surface area contributed by atoms with Crippen molar-refractivity contribution in [2.24, 2.45) is 0 Å². The van der Waals surface area contributed by atoms with Crippen LogP contribution in [0.3, 0.4) is 0 Å². The van der Waals surface area contributed by atoms with E-state index in [4.69, 9.17) is 16.6 Å². The van der Waals surface area contributed by atoms with Gasteiger partial charge in [0.05, 0.1) is 11.1 Å². The lowest BCUT2D eigenvalue weighted by atomic mass is 9.98. The standard InChI is InChI=1S/C21H14F7N3O2/c1-3-30-11-12(10-29)16-8-13(20(23,24)25)9-17(21(26,27)28)18(16)33-19(32)31(2)15-6-4-14(22)5-7-15/h1,4-11,29-30H,2H3/b12-11+,29-10?. The van der Waals surface area contributed by atoms with E-state index in [9.17, 15) is 35.5 Å². The highest BCUT2D eigenvalue weighted by Gasteiger charge is 2.41. The summed E-state index contributed by atoms with van der Waals surface area (Å²) in [5.41, 5.74) is -4.96. The van der Waals surface area contributed by atoms with Crippen molar-refractivity contribution in [1.82, 2.24) is 5.32 Å². The van der Waals surface area contributed by atoms with Crippen LogP contribution in [0.2, 0.25) is 0 Å². The van der Waals surface area contributed by atoms with E-state index in [1.165, 1.54) is 0 Å². The summed E-state index contributed by atoms with van der Waals surface area (Å²) >= 11 is 0. The van der Waals surface area contributed by atoms with E-state index in [0.717, 1.165) is 37.5 Å². The Hall–Kier alpha value is -4.01. The van der Waals surface area contributed by atoms with E-state index < -0.39 is 52.3 Å². The average molecular weight is 473 g/mol. The monoisotopic (exact) mass is 473 g/mol. The van der Waals surface area contributed by atoms with Gasteiger partial charge in [0.25, 0.3) is 0 Å². The molecule has 0 aliphatic heterocycles. The van der Waals surface area contributed by atoms with Gasteiger partial charge in [-0.05, 0) is 36.4 Å². The summed E-state index contributed by atoms with van der Waals surface area (Å²) in [5, 5.41) is 9.51. The van der Waals surface area contributed by atoms with Gasteiger partial charge >= 0.3 is 18.4 Å². The zero-order valence-electron chi connectivity index (χ0n) is 16.6. The van der Waals surface area contributed by atoms with Crippen molar-refractivity contribution >= 4 is 23.6 Å². The number of carbonyl (C=O) groups excluding carboxylic acids is 1. The number of nitrogens with one attached hydrogen (secondary N) is 2. The summed E-state index contributed by atoms with van der Waals surface area (Å²) in [6, 6.07) is 6.19. The summed E-state index contributed by atoms with van der Waals surface area (Å²) in [4.78, 5) is 13.2. The summed E-state index contributed by atoms with van der Waals surface area (Å²) in [6.07, 6.45) is -5.76. The molecule has 0 unspecified atom stereocenters. The molecule has 2 N–H and O–H groups in total. The third-order valence-electron chi connectivity index (χ3n) is 4.18. The van der Waals surface area contributed by atoms with Gasteiger partial charge in [0.15, 0.2) is 5.75 Å². The van der Waals surface area contributed by atoms with Crippen LogP contribution in [0, 0.1) is 23.7 Å². The van der Waals surface area contributed by atoms with Crippen LogP contribution in [-0.4, -0.2) is 19.4 Å². The molecule has 5 nitrogen and oxygen atoms in total. The van der Waals surface area contributed by atoms with Crippen molar-refractivity contribution < 1.29 is 40.3 Å². The van der Waals surface area contributed by atoms with Crippen LogP contribution in [0.1, 0.15) is 16.7 Å². The molecule has 12 heteroatoms. The number of halogens is 7. The number of allylic oxidation sites excluding steroid dienone is 1. The molecule has 0 aliphatic carbocycles. The normalized spacial score (nSPS) is 12.0. The summed E-state index contributed by atoms with van der Waals surface area (Å²) in [6.45, 7) is 0. The smallest absolute Gasteiger partial charge is 0.409 e. The van der Waals surface area contributed by atoms with Crippen LogP contribution < -0.4 is 15.0 Å². The Labute approximate surface area is 183 Å². The van der Waals surface area contributed by atoms with Crippen LogP contribution in [-0.2, 0) is 12.4 Å². The number of rotatable bonds is 5. The molecular weight excluding hydrogens is 459 g/mol. The molecule has 0 spiro atoms. The molecular formula is C21H14F7N3O2. The Balaban J connectivity index is 2.71. The van der Waals surface area contributed by atoms with Crippen molar-refractivity contribution in [3.63, 3.8) is 0 Å². The molecule has 1 amide bonds. The summed E-state index contributed by atoms with van der Waals surface area (Å²) in [5.74, 6) is -1.92. The largest absolute Gasteiger partial charge is 0.420 e. The maximum absolute atomic E-state index is 13.7. The number of benzene rings is 2.